The van der Waals surface area contributed by atoms with Crippen LogP contribution >= 0.6 is 11.8 Å². The lowest BCUT2D eigenvalue weighted by Gasteiger charge is -2.28. The van der Waals surface area contributed by atoms with Crippen LogP contribution in [0.2, 0.25) is 0 Å². The molecular formula is C16H24N6S. The van der Waals surface area contributed by atoms with Gasteiger partial charge < -0.3 is 9.80 Å². The lowest BCUT2D eigenvalue weighted by Crippen LogP contribution is -2.32. The van der Waals surface area contributed by atoms with E-state index in [1.165, 1.54) is 17.0 Å². The number of fused-ring (bicyclic) bond motifs is 1. The molecule has 0 unspecified atom stereocenters. The summed E-state index contributed by atoms with van der Waals surface area (Å²) < 4.78 is 0. The first-order valence-corrected chi connectivity index (χ1v) is 9.29. The number of aryl methyl sites for hydroxylation is 2. The van der Waals surface area contributed by atoms with E-state index in [1.807, 2.05) is 43.9 Å². The van der Waals surface area contributed by atoms with Crippen LogP contribution in [0.15, 0.2) is 6.20 Å². The van der Waals surface area contributed by atoms with Gasteiger partial charge in [-0.15, -0.1) is 0 Å². The summed E-state index contributed by atoms with van der Waals surface area (Å²) in [5.41, 5.74) is 4.90. The molecule has 0 saturated carbocycles. The van der Waals surface area contributed by atoms with Crippen LogP contribution in [0.25, 0.3) is 0 Å². The van der Waals surface area contributed by atoms with Gasteiger partial charge in [-0.3, -0.25) is 5.10 Å². The largest absolute Gasteiger partial charge is 0.362 e. The maximum absolute atomic E-state index is 4.75. The molecule has 3 rings (SSSR count). The molecular weight excluding hydrogens is 308 g/mol. The van der Waals surface area contributed by atoms with Gasteiger partial charge in [-0.25, -0.2) is 4.98 Å². The van der Waals surface area contributed by atoms with Gasteiger partial charge >= 0.3 is 0 Å². The highest BCUT2D eigenvalue weighted by Gasteiger charge is 2.24. The lowest BCUT2D eigenvalue weighted by atomic mass is 10.0. The third-order valence-electron chi connectivity index (χ3n) is 4.20. The molecule has 0 atom stereocenters. The number of H-pyrrole nitrogens is 1. The van der Waals surface area contributed by atoms with Crippen molar-refractivity contribution in [2.45, 2.75) is 26.3 Å². The van der Waals surface area contributed by atoms with Crippen molar-refractivity contribution in [2.24, 2.45) is 0 Å². The first kappa shape index (κ1) is 16.1. The SMILES string of the molecule is CSCCc1n[nH]c2c1CN(c1ncc(C)c(N(C)C)n1)CC2. The first-order chi connectivity index (χ1) is 11.1. The molecule has 1 aliphatic rings. The Bertz CT molecular complexity index is 681. The van der Waals surface area contributed by atoms with E-state index in [2.05, 4.69) is 26.3 Å². The Morgan fingerprint density at radius 3 is 2.96 bits per heavy atom. The number of hydrogen-bond acceptors (Lipinski definition) is 6. The Balaban J connectivity index is 1.84. The summed E-state index contributed by atoms with van der Waals surface area (Å²) in [5, 5.41) is 7.72. The topological polar surface area (TPSA) is 60.9 Å². The maximum atomic E-state index is 4.75. The number of thioether (sulfide) groups is 1. The van der Waals surface area contributed by atoms with E-state index in [1.54, 1.807) is 0 Å². The first-order valence-electron chi connectivity index (χ1n) is 7.90. The highest BCUT2D eigenvalue weighted by atomic mass is 32.2. The monoisotopic (exact) mass is 332 g/mol. The second-order valence-electron chi connectivity index (χ2n) is 6.11. The Hall–Kier alpha value is -1.76. The van der Waals surface area contributed by atoms with E-state index in [9.17, 15) is 0 Å². The average molecular weight is 332 g/mol. The van der Waals surface area contributed by atoms with Crippen LogP contribution in [0.1, 0.15) is 22.5 Å². The van der Waals surface area contributed by atoms with Gasteiger partial charge in [0.1, 0.15) is 5.82 Å². The van der Waals surface area contributed by atoms with Gasteiger partial charge in [0.15, 0.2) is 0 Å². The van der Waals surface area contributed by atoms with Crippen molar-refractivity contribution >= 4 is 23.5 Å². The predicted octanol–water partition coefficient (Wildman–Crippen LogP) is 2.04. The highest BCUT2D eigenvalue weighted by molar-refractivity contribution is 7.98. The van der Waals surface area contributed by atoms with E-state index < -0.39 is 0 Å². The zero-order valence-corrected chi connectivity index (χ0v) is 15.1. The van der Waals surface area contributed by atoms with Crippen LogP contribution in [0.5, 0.6) is 0 Å². The van der Waals surface area contributed by atoms with Crippen LogP contribution in [0, 0.1) is 6.92 Å². The molecule has 23 heavy (non-hydrogen) atoms. The van der Waals surface area contributed by atoms with Crippen LogP contribution < -0.4 is 9.80 Å². The van der Waals surface area contributed by atoms with Crippen molar-refractivity contribution in [3.8, 4) is 0 Å². The minimum atomic E-state index is 0.807. The van der Waals surface area contributed by atoms with E-state index in [0.29, 0.717) is 0 Å². The van der Waals surface area contributed by atoms with Crippen molar-refractivity contribution in [3.05, 3.63) is 28.7 Å². The minimum Gasteiger partial charge on any atom is -0.362 e. The number of aromatic nitrogens is 4. The molecule has 0 saturated heterocycles. The molecule has 0 spiro atoms. The smallest absolute Gasteiger partial charge is 0.227 e. The van der Waals surface area contributed by atoms with E-state index in [4.69, 9.17) is 4.98 Å². The fourth-order valence-electron chi connectivity index (χ4n) is 2.96. The molecule has 3 heterocycles. The summed E-state index contributed by atoms with van der Waals surface area (Å²) in [5.74, 6) is 2.89. The van der Waals surface area contributed by atoms with Gasteiger partial charge in [0.25, 0.3) is 0 Å². The van der Waals surface area contributed by atoms with Crippen molar-refractivity contribution in [1.29, 1.82) is 0 Å². The second-order valence-corrected chi connectivity index (χ2v) is 7.10. The molecule has 124 valence electrons. The third-order valence-corrected chi connectivity index (χ3v) is 4.81. The molecule has 7 heteroatoms. The number of hydrogen-bond donors (Lipinski definition) is 1. The molecule has 0 amide bonds. The number of nitrogens with one attached hydrogen (secondary N) is 1. The van der Waals surface area contributed by atoms with Crippen molar-refractivity contribution in [1.82, 2.24) is 20.2 Å². The Kier molecular flexibility index (Phi) is 4.75. The van der Waals surface area contributed by atoms with E-state index >= 15 is 0 Å². The maximum Gasteiger partial charge on any atom is 0.227 e. The van der Waals surface area contributed by atoms with Gasteiger partial charge in [0, 0.05) is 63.0 Å². The lowest BCUT2D eigenvalue weighted by molar-refractivity contribution is 0.694. The summed E-state index contributed by atoms with van der Waals surface area (Å²) >= 11 is 1.86. The minimum absolute atomic E-state index is 0.807. The highest BCUT2D eigenvalue weighted by Crippen LogP contribution is 2.25. The molecule has 1 aliphatic heterocycles. The molecule has 6 nitrogen and oxygen atoms in total. The Morgan fingerprint density at radius 2 is 2.22 bits per heavy atom. The molecule has 2 aromatic heterocycles. The fraction of sp³-hybridized carbons (Fsp3) is 0.562. The number of anilines is 2. The summed E-state index contributed by atoms with van der Waals surface area (Å²) in [4.78, 5) is 13.6. The zero-order chi connectivity index (χ0) is 16.4. The van der Waals surface area contributed by atoms with Crippen molar-refractivity contribution < 1.29 is 0 Å². The van der Waals surface area contributed by atoms with Gasteiger partial charge in [0.05, 0.1) is 5.69 Å². The van der Waals surface area contributed by atoms with Crippen LogP contribution in [0.3, 0.4) is 0 Å². The van der Waals surface area contributed by atoms with Gasteiger partial charge in [-0.05, 0) is 18.9 Å². The van der Waals surface area contributed by atoms with Crippen LogP contribution in [-0.4, -0.2) is 52.8 Å². The van der Waals surface area contributed by atoms with Gasteiger partial charge in [0.2, 0.25) is 5.95 Å². The summed E-state index contributed by atoms with van der Waals surface area (Å²) in [6.45, 7) is 3.81. The quantitative estimate of drug-likeness (QED) is 0.904. The number of aromatic amines is 1. The number of rotatable bonds is 5. The zero-order valence-electron chi connectivity index (χ0n) is 14.3. The van der Waals surface area contributed by atoms with Crippen molar-refractivity contribution in [2.75, 3.05) is 42.4 Å². The molecule has 0 bridgehead atoms. The van der Waals surface area contributed by atoms with Crippen molar-refractivity contribution in [3.63, 3.8) is 0 Å². The standard InChI is InChI=1S/C16H24N6S/c1-11-9-17-16(18-15(11)21(2)3)22-7-5-13-12(10-22)14(20-19-13)6-8-23-4/h9H,5-8,10H2,1-4H3,(H,19,20). The van der Waals surface area contributed by atoms with E-state index in [0.717, 1.165) is 49.0 Å². The fourth-order valence-corrected chi connectivity index (χ4v) is 3.36. The summed E-state index contributed by atoms with van der Waals surface area (Å²) in [7, 11) is 4.04. The Morgan fingerprint density at radius 1 is 1.39 bits per heavy atom. The molecule has 2 aromatic rings. The van der Waals surface area contributed by atoms with Gasteiger partial charge in [-0.2, -0.15) is 21.8 Å². The third kappa shape index (κ3) is 3.29. The van der Waals surface area contributed by atoms with Crippen LogP contribution in [0.4, 0.5) is 11.8 Å². The number of nitrogens with zero attached hydrogens (tertiary/aromatic N) is 5. The molecule has 0 radical (unpaired) electrons. The molecule has 0 fully saturated rings. The van der Waals surface area contributed by atoms with Gasteiger partial charge in [-0.1, -0.05) is 0 Å². The second kappa shape index (κ2) is 6.78. The Labute approximate surface area is 141 Å². The molecule has 0 aliphatic carbocycles. The van der Waals surface area contributed by atoms with Crippen LogP contribution in [-0.2, 0) is 19.4 Å². The normalized spacial score (nSPS) is 14.0. The predicted molar refractivity (Wildman–Crippen MR) is 96.5 cm³/mol. The summed E-state index contributed by atoms with van der Waals surface area (Å²) in [6, 6.07) is 0. The summed E-state index contributed by atoms with van der Waals surface area (Å²) in [6.07, 6.45) is 6.03. The molecule has 1 N–H and O–H groups in total. The van der Waals surface area contributed by atoms with E-state index in [-0.39, 0.29) is 0 Å². The molecule has 0 aromatic carbocycles. The average Bonchev–Trinajstić information content (AvgIpc) is 2.95.